The summed E-state index contributed by atoms with van der Waals surface area (Å²) in [5, 5.41) is 5.43. The van der Waals surface area contributed by atoms with Crippen LogP contribution in [0.1, 0.15) is 49.8 Å². The summed E-state index contributed by atoms with van der Waals surface area (Å²) in [6.07, 6.45) is 9.60. The first kappa shape index (κ1) is 17.2. The number of hydrogen-bond acceptors (Lipinski definition) is 6. The number of furan rings is 1. The highest BCUT2D eigenvalue weighted by Crippen LogP contribution is 2.45. The van der Waals surface area contributed by atoms with E-state index in [4.69, 9.17) is 4.42 Å². The maximum absolute atomic E-state index is 5.28. The summed E-state index contributed by atoms with van der Waals surface area (Å²) in [6, 6.07) is 3.71. The van der Waals surface area contributed by atoms with Gasteiger partial charge in [0.25, 0.3) is 0 Å². The minimum Gasteiger partial charge on any atom is -0.463 e. The molecule has 0 aromatic carbocycles. The predicted octanol–water partition coefficient (Wildman–Crippen LogP) is 5.27. The van der Waals surface area contributed by atoms with Crippen LogP contribution in [-0.2, 0) is 12.8 Å². The Morgan fingerprint density at radius 1 is 1.42 bits per heavy atom. The van der Waals surface area contributed by atoms with Gasteiger partial charge in [-0.15, -0.1) is 11.3 Å². The molecule has 1 aliphatic rings. The van der Waals surface area contributed by atoms with E-state index >= 15 is 0 Å². The molecule has 5 nitrogen and oxygen atoms in total. The Hall–Kier alpha value is -2.21. The first-order valence-electron chi connectivity index (χ1n) is 9.16. The van der Waals surface area contributed by atoms with Crippen molar-refractivity contribution in [1.82, 2.24) is 9.97 Å². The van der Waals surface area contributed by atoms with Crippen molar-refractivity contribution in [2.45, 2.75) is 46.5 Å². The lowest BCUT2D eigenvalue weighted by Gasteiger charge is -2.36. The molecule has 0 spiro atoms. The Balaban J connectivity index is 1.67. The molecule has 1 unspecified atom stereocenters. The van der Waals surface area contributed by atoms with Crippen LogP contribution in [0.3, 0.4) is 0 Å². The van der Waals surface area contributed by atoms with Crippen LogP contribution in [0.2, 0.25) is 0 Å². The number of fused-ring (bicyclic) bond motifs is 3. The van der Waals surface area contributed by atoms with Gasteiger partial charge in [-0.2, -0.15) is 5.10 Å². The predicted molar refractivity (Wildman–Crippen MR) is 107 cm³/mol. The molecule has 3 heterocycles. The first-order valence-corrected chi connectivity index (χ1v) is 9.98. The third-order valence-electron chi connectivity index (χ3n) is 5.76. The zero-order valence-corrected chi connectivity index (χ0v) is 16.3. The summed E-state index contributed by atoms with van der Waals surface area (Å²) < 4.78 is 5.28. The van der Waals surface area contributed by atoms with E-state index in [1.54, 1.807) is 30.1 Å². The molecule has 0 radical (unpaired) electrons. The number of hydrazone groups is 1. The average molecular weight is 369 g/mol. The van der Waals surface area contributed by atoms with E-state index in [0.29, 0.717) is 17.1 Å². The molecular formula is C20H24N4OS. The van der Waals surface area contributed by atoms with Crippen molar-refractivity contribution in [1.29, 1.82) is 0 Å². The summed E-state index contributed by atoms with van der Waals surface area (Å²) in [5.74, 6) is 2.18. The summed E-state index contributed by atoms with van der Waals surface area (Å²) in [7, 11) is 0. The third-order valence-corrected chi connectivity index (χ3v) is 6.96. The van der Waals surface area contributed by atoms with Gasteiger partial charge in [-0.3, -0.25) is 5.43 Å². The number of anilines is 1. The summed E-state index contributed by atoms with van der Waals surface area (Å²) in [5.41, 5.74) is 4.86. The van der Waals surface area contributed by atoms with Gasteiger partial charge in [0.2, 0.25) is 0 Å². The van der Waals surface area contributed by atoms with Gasteiger partial charge < -0.3 is 4.42 Å². The number of hydrogen-bond donors (Lipinski definition) is 1. The van der Waals surface area contributed by atoms with E-state index in [2.05, 4.69) is 41.3 Å². The quantitative estimate of drug-likeness (QED) is 0.492. The Labute approximate surface area is 157 Å². The molecule has 0 bridgehead atoms. The second-order valence-electron chi connectivity index (χ2n) is 7.57. The molecule has 6 heteroatoms. The summed E-state index contributed by atoms with van der Waals surface area (Å²) in [4.78, 5) is 11.5. The highest BCUT2D eigenvalue weighted by atomic mass is 32.1. The van der Waals surface area contributed by atoms with Crippen LogP contribution in [0.4, 0.5) is 5.82 Å². The largest absolute Gasteiger partial charge is 0.463 e. The van der Waals surface area contributed by atoms with E-state index in [1.807, 2.05) is 12.1 Å². The number of aryl methyl sites for hydroxylation is 1. The van der Waals surface area contributed by atoms with Crippen molar-refractivity contribution in [2.75, 3.05) is 5.43 Å². The summed E-state index contributed by atoms with van der Waals surface area (Å²) >= 11 is 1.80. The van der Waals surface area contributed by atoms with Crippen LogP contribution in [0.5, 0.6) is 0 Å². The van der Waals surface area contributed by atoms with Crippen LogP contribution in [0, 0.1) is 11.3 Å². The SMILES string of the molecule is CCC(C)(C)C1CCc2sc3ncnc(NN=Cc4ccco4)c3c2C1. The molecule has 1 atom stereocenters. The average Bonchev–Trinajstić information content (AvgIpc) is 3.28. The number of nitrogens with one attached hydrogen (secondary N) is 1. The van der Waals surface area contributed by atoms with Crippen molar-refractivity contribution in [3.63, 3.8) is 0 Å². The number of rotatable bonds is 5. The normalized spacial score (nSPS) is 17.7. The van der Waals surface area contributed by atoms with Gasteiger partial charge in [0, 0.05) is 4.88 Å². The Morgan fingerprint density at radius 3 is 3.08 bits per heavy atom. The molecule has 0 amide bonds. The van der Waals surface area contributed by atoms with Gasteiger partial charge in [-0.05, 0) is 48.3 Å². The van der Waals surface area contributed by atoms with Gasteiger partial charge in [0.1, 0.15) is 16.9 Å². The third kappa shape index (κ3) is 3.14. The maximum Gasteiger partial charge on any atom is 0.158 e. The highest BCUT2D eigenvalue weighted by Gasteiger charge is 2.33. The monoisotopic (exact) mass is 368 g/mol. The maximum atomic E-state index is 5.28. The van der Waals surface area contributed by atoms with Gasteiger partial charge >= 0.3 is 0 Å². The molecule has 0 saturated heterocycles. The lowest BCUT2D eigenvalue weighted by atomic mass is 9.69. The van der Waals surface area contributed by atoms with Crippen LogP contribution < -0.4 is 5.43 Å². The topological polar surface area (TPSA) is 63.3 Å². The molecule has 136 valence electrons. The van der Waals surface area contributed by atoms with Gasteiger partial charge in [-0.1, -0.05) is 27.2 Å². The van der Waals surface area contributed by atoms with E-state index < -0.39 is 0 Å². The Kier molecular flexibility index (Phi) is 4.53. The Bertz CT molecular complexity index is 927. The fourth-order valence-corrected chi connectivity index (χ4v) is 4.85. The molecule has 26 heavy (non-hydrogen) atoms. The number of aromatic nitrogens is 2. The zero-order chi connectivity index (χ0) is 18.1. The molecule has 0 saturated carbocycles. The van der Waals surface area contributed by atoms with Crippen LogP contribution in [-0.4, -0.2) is 16.2 Å². The molecule has 1 N–H and O–H groups in total. The zero-order valence-electron chi connectivity index (χ0n) is 15.5. The van der Waals surface area contributed by atoms with Gasteiger partial charge in [0.15, 0.2) is 5.82 Å². The molecule has 4 rings (SSSR count). The first-order chi connectivity index (χ1) is 12.6. The lowest BCUT2D eigenvalue weighted by molar-refractivity contribution is 0.184. The van der Waals surface area contributed by atoms with Crippen LogP contribution in [0.15, 0.2) is 34.2 Å². The molecular weight excluding hydrogens is 344 g/mol. The van der Waals surface area contributed by atoms with E-state index in [0.717, 1.165) is 28.9 Å². The number of thiophene rings is 1. The second-order valence-corrected chi connectivity index (χ2v) is 8.66. The van der Waals surface area contributed by atoms with E-state index in [9.17, 15) is 0 Å². The van der Waals surface area contributed by atoms with E-state index in [-0.39, 0.29) is 0 Å². The van der Waals surface area contributed by atoms with Crippen molar-refractivity contribution in [2.24, 2.45) is 16.4 Å². The lowest BCUT2D eigenvalue weighted by Crippen LogP contribution is -2.28. The molecule has 3 aromatic rings. The van der Waals surface area contributed by atoms with Crippen molar-refractivity contribution in [3.05, 3.63) is 40.9 Å². The standard InChI is InChI=1S/C20H24N4OS/c1-4-20(2,3)13-7-8-16-15(10-13)17-18(21-12-22-19(17)26-16)24-23-11-14-6-5-9-25-14/h5-6,9,11-13H,4,7-8,10H2,1-3H3,(H,21,22,24). The smallest absolute Gasteiger partial charge is 0.158 e. The van der Waals surface area contributed by atoms with E-state index in [1.165, 1.54) is 23.3 Å². The minimum atomic E-state index is 0.354. The van der Waals surface area contributed by atoms with Crippen LogP contribution >= 0.6 is 11.3 Å². The summed E-state index contributed by atoms with van der Waals surface area (Å²) in [6.45, 7) is 7.07. The molecule has 0 aliphatic heterocycles. The second kappa shape index (κ2) is 6.83. The van der Waals surface area contributed by atoms with Crippen molar-refractivity contribution < 1.29 is 4.42 Å². The highest BCUT2D eigenvalue weighted by molar-refractivity contribution is 7.19. The number of nitrogens with zero attached hydrogens (tertiary/aromatic N) is 3. The molecule has 0 fully saturated rings. The minimum absolute atomic E-state index is 0.354. The molecule has 1 aliphatic carbocycles. The van der Waals surface area contributed by atoms with Gasteiger partial charge in [0.05, 0.1) is 17.9 Å². The van der Waals surface area contributed by atoms with Crippen LogP contribution in [0.25, 0.3) is 10.2 Å². The van der Waals surface area contributed by atoms with Gasteiger partial charge in [-0.25, -0.2) is 9.97 Å². The Morgan fingerprint density at radius 2 is 2.31 bits per heavy atom. The fourth-order valence-electron chi connectivity index (χ4n) is 3.67. The fraction of sp³-hybridized carbons (Fsp3) is 0.450. The van der Waals surface area contributed by atoms with Crippen molar-refractivity contribution in [3.8, 4) is 0 Å². The van der Waals surface area contributed by atoms with Crippen molar-refractivity contribution >= 4 is 33.6 Å². The molecule has 3 aromatic heterocycles.